The van der Waals surface area contributed by atoms with E-state index in [1.54, 1.807) is 0 Å². The molecule has 8 heteroatoms. The van der Waals surface area contributed by atoms with E-state index in [2.05, 4.69) is 12.6 Å². The van der Waals surface area contributed by atoms with Gasteiger partial charge in [0, 0.05) is 6.54 Å². The maximum atomic E-state index is 10.2. The molecule has 2 aliphatic heterocycles. The number of likely N-dealkylation sites (tertiary alicyclic amines) is 1. The van der Waals surface area contributed by atoms with Crippen LogP contribution in [0.15, 0.2) is 0 Å². The first-order valence-corrected chi connectivity index (χ1v) is 7.63. The molecule has 0 amide bonds. The number of piperidine rings is 1. The van der Waals surface area contributed by atoms with Crippen molar-refractivity contribution in [2.45, 2.75) is 55.8 Å². The Morgan fingerprint density at radius 2 is 1.90 bits per heavy atom. The highest BCUT2D eigenvalue weighted by atomic mass is 32.1. The zero-order valence-electron chi connectivity index (χ0n) is 11.0. The fourth-order valence-electron chi connectivity index (χ4n) is 2.98. The Hall–Kier alpha value is 0.0400. The highest BCUT2D eigenvalue weighted by molar-refractivity contribution is 8.10. The van der Waals surface area contributed by atoms with Gasteiger partial charge in [0.1, 0.15) is 34.8 Å². The second-order valence-corrected chi connectivity index (χ2v) is 6.45. The van der Waals surface area contributed by atoms with E-state index in [1.807, 2.05) is 4.90 Å². The third kappa shape index (κ3) is 3.11. The van der Waals surface area contributed by atoms with Gasteiger partial charge in [0.15, 0.2) is 0 Å². The standard InChI is InChI=1S/C12H21NO5S2/c14-5-7-8(15)9(16)10(17)11(18-7)6-3-1-2-4-13(6)12(19)20/h6-11,14-17H,1-5H2,(H,19,20)/t6?,7-,8+,9+,10-,11+/m1/s1. The molecule has 116 valence electrons. The lowest BCUT2D eigenvalue weighted by Gasteiger charge is -2.47. The smallest absolute Gasteiger partial charge is 0.133 e. The number of thiocarbonyl (C=S) groups is 1. The number of thiol groups is 1. The third-order valence-corrected chi connectivity index (χ3v) is 4.59. The summed E-state index contributed by atoms with van der Waals surface area (Å²) in [6, 6.07) is -0.208. The number of rotatable bonds is 2. The predicted octanol–water partition coefficient (Wildman–Crippen LogP) is -1.10. The van der Waals surface area contributed by atoms with Crippen molar-refractivity contribution in [3.63, 3.8) is 0 Å². The van der Waals surface area contributed by atoms with Crippen LogP contribution in [0.4, 0.5) is 0 Å². The molecule has 0 aliphatic carbocycles. The summed E-state index contributed by atoms with van der Waals surface area (Å²) in [7, 11) is 0. The van der Waals surface area contributed by atoms with Crippen LogP contribution < -0.4 is 0 Å². The summed E-state index contributed by atoms with van der Waals surface area (Å²) >= 11 is 9.30. The minimum Gasteiger partial charge on any atom is -0.394 e. The van der Waals surface area contributed by atoms with E-state index in [4.69, 9.17) is 17.0 Å². The Morgan fingerprint density at radius 3 is 2.50 bits per heavy atom. The quantitative estimate of drug-likeness (QED) is 0.325. The molecule has 2 heterocycles. The van der Waals surface area contributed by atoms with Gasteiger partial charge < -0.3 is 30.1 Å². The van der Waals surface area contributed by atoms with Crippen molar-refractivity contribution < 1.29 is 25.2 Å². The van der Waals surface area contributed by atoms with Crippen molar-refractivity contribution in [1.29, 1.82) is 0 Å². The van der Waals surface area contributed by atoms with Gasteiger partial charge in [-0.1, -0.05) is 12.2 Å². The molecule has 6 atom stereocenters. The molecular formula is C12H21NO5S2. The molecular weight excluding hydrogens is 302 g/mol. The summed E-state index contributed by atoms with van der Waals surface area (Å²) in [5, 5.41) is 39.0. The monoisotopic (exact) mass is 323 g/mol. The summed E-state index contributed by atoms with van der Waals surface area (Å²) in [5.74, 6) is 0. The van der Waals surface area contributed by atoms with Crippen LogP contribution in [-0.2, 0) is 4.74 Å². The summed E-state index contributed by atoms with van der Waals surface area (Å²) in [6.45, 7) is 0.307. The van der Waals surface area contributed by atoms with E-state index in [9.17, 15) is 20.4 Å². The predicted molar refractivity (Wildman–Crippen MR) is 79.7 cm³/mol. The molecule has 2 saturated heterocycles. The largest absolute Gasteiger partial charge is 0.394 e. The lowest BCUT2D eigenvalue weighted by molar-refractivity contribution is -0.241. The minimum atomic E-state index is -1.34. The number of hydrogen-bond donors (Lipinski definition) is 5. The third-order valence-electron chi connectivity index (χ3n) is 4.10. The lowest BCUT2D eigenvalue weighted by atomic mass is 9.87. The Balaban J connectivity index is 2.18. The van der Waals surface area contributed by atoms with Gasteiger partial charge in [-0.25, -0.2) is 0 Å². The first-order chi connectivity index (χ1) is 9.47. The van der Waals surface area contributed by atoms with Crippen LogP contribution in [0, 0.1) is 0 Å². The summed E-state index contributed by atoms with van der Waals surface area (Å²) in [4.78, 5) is 1.87. The molecule has 2 fully saturated rings. The second-order valence-electron chi connectivity index (χ2n) is 5.33. The van der Waals surface area contributed by atoms with Crippen LogP contribution in [-0.4, -0.2) is 79.4 Å². The molecule has 4 N–H and O–H groups in total. The van der Waals surface area contributed by atoms with E-state index in [1.165, 1.54) is 0 Å². The van der Waals surface area contributed by atoms with Crippen LogP contribution in [0.3, 0.4) is 0 Å². The zero-order chi connectivity index (χ0) is 14.9. The summed E-state index contributed by atoms with van der Waals surface area (Å²) in [6.07, 6.45) is -2.79. The summed E-state index contributed by atoms with van der Waals surface area (Å²) < 4.78 is 6.03. The zero-order valence-corrected chi connectivity index (χ0v) is 12.7. The van der Waals surface area contributed by atoms with Gasteiger partial charge in [-0.15, -0.1) is 12.6 Å². The number of nitrogens with zero attached hydrogens (tertiary/aromatic N) is 1. The Morgan fingerprint density at radius 1 is 1.20 bits per heavy atom. The number of aliphatic hydroxyl groups is 4. The van der Waals surface area contributed by atoms with Crippen molar-refractivity contribution >= 4 is 29.2 Å². The van der Waals surface area contributed by atoms with E-state index < -0.39 is 37.1 Å². The van der Waals surface area contributed by atoms with Crippen molar-refractivity contribution in [3.05, 3.63) is 0 Å². The molecule has 2 rings (SSSR count). The van der Waals surface area contributed by atoms with E-state index in [-0.39, 0.29) is 6.04 Å². The molecule has 0 aromatic carbocycles. The van der Waals surface area contributed by atoms with Crippen molar-refractivity contribution in [1.82, 2.24) is 4.90 Å². The number of aliphatic hydroxyl groups excluding tert-OH is 4. The van der Waals surface area contributed by atoms with Gasteiger partial charge in [-0.3, -0.25) is 0 Å². The first-order valence-electron chi connectivity index (χ1n) is 6.77. The van der Waals surface area contributed by atoms with E-state index >= 15 is 0 Å². The Bertz CT molecular complexity index is 357. The van der Waals surface area contributed by atoms with E-state index in [0.29, 0.717) is 4.32 Å². The van der Waals surface area contributed by atoms with Crippen LogP contribution in [0.25, 0.3) is 0 Å². The van der Waals surface area contributed by atoms with Crippen LogP contribution >= 0.6 is 24.8 Å². The fraction of sp³-hybridized carbons (Fsp3) is 0.917. The maximum absolute atomic E-state index is 10.2. The maximum Gasteiger partial charge on any atom is 0.133 e. The topological polar surface area (TPSA) is 93.4 Å². The Kier molecular flexibility index (Phi) is 5.63. The molecule has 1 unspecified atom stereocenters. The van der Waals surface area contributed by atoms with Gasteiger partial charge in [-0.05, 0) is 19.3 Å². The average molecular weight is 323 g/mol. The highest BCUT2D eigenvalue weighted by Crippen LogP contribution is 2.30. The van der Waals surface area contributed by atoms with Gasteiger partial charge in [-0.2, -0.15) is 0 Å². The lowest BCUT2D eigenvalue weighted by Crippen LogP contribution is -2.64. The van der Waals surface area contributed by atoms with Gasteiger partial charge in [0.2, 0.25) is 0 Å². The molecule has 0 saturated carbocycles. The van der Waals surface area contributed by atoms with Crippen molar-refractivity contribution in [2.75, 3.05) is 13.2 Å². The summed E-state index contributed by atoms with van der Waals surface area (Å²) in [5.41, 5.74) is 0. The highest BCUT2D eigenvalue weighted by Gasteiger charge is 2.48. The molecule has 0 radical (unpaired) electrons. The SMILES string of the molecule is OC[C@H]1O[C@@H](C2CCCCN2C(=S)S)[C@H](O)[C@@H](O)[C@H]1O. The molecule has 0 aromatic rings. The Labute approximate surface area is 128 Å². The molecule has 0 aromatic heterocycles. The average Bonchev–Trinajstić information content (AvgIpc) is 2.45. The molecule has 0 spiro atoms. The molecule has 20 heavy (non-hydrogen) atoms. The molecule has 0 bridgehead atoms. The number of ether oxygens (including phenoxy) is 1. The second kappa shape index (κ2) is 6.87. The van der Waals surface area contributed by atoms with Crippen LogP contribution in [0.2, 0.25) is 0 Å². The van der Waals surface area contributed by atoms with Crippen LogP contribution in [0.5, 0.6) is 0 Å². The van der Waals surface area contributed by atoms with Gasteiger partial charge in [0.25, 0.3) is 0 Å². The van der Waals surface area contributed by atoms with Gasteiger partial charge >= 0.3 is 0 Å². The van der Waals surface area contributed by atoms with Crippen molar-refractivity contribution in [2.24, 2.45) is 0 Å². The fourth-order valence-corrected chi connectivity index (χ4v) is 3.46. The number of hydrogen-bond acceptors (Lipinski definition) is 6. The van der Waals surface area contributed by atoms with E-state index in [0.717, 1.165) is 25.8 Å². The molecule has 6 nitrogen and oxygen atoms in total. The normalized spacial score (nSPS) is 42.5. The van der Waals surface area contributed by atoms with Crippen LogP contribution in [0.1, 0.15) is 19.3 Å². The van der Waals surface area contributed by atoms with Crippen molar-refractivity contribution in [3.8, 4) is 0 Å². The van der Waals surface area contributed by atoms with Gasteiger partial charge in [0.05, 0.1) is 12.6 Å². The first kappa shape index (κ1) is 16.4. The molecule has 2 aliphatic rings. The minimum absolute atomic E-state index is 0.208.